The molecule has 0 amide bonds. The van der Waals surface area contributed by atoms with Crippen molar-refractivity contribution in [1.82, 2.24) is 4.90 Å². The summed E-state index contributed by atoms with van der Waals surface area (Å²) in [6.07, 6.45) is 3.03. The number of benzene rings is 1. The number of carboxylic acids is 1. The van der Waals surface area contributed by atoms with Crippen LogP contribution >= 0.6 is 0 Å². The fourth-order valence-corrected chi connectivity index (χ4v) is 1.73. The molecule has 0 heterocycles. The highest BCUT2D eigenvalue weighted by atomic mass is 16.5. The molecule has 1 atom stereocenters. The SMILES string of the molecule is CC(C(=O)O)N(C)CCCCCOc1ccccc1. The smallest absolute Gasteiger partial charge is 0.320 e. The van der Waals surface area contributed by atoms with Gasteiger partial charge in [0.05, 0.1) is 6.61 Å². The van der Waals surface area contributed by atoms with Crippen LogP contribution in [0.5, 0.6) is 5.75 Å². The number of likely N-dealkylation sites (N-methyl/N-ethyl adjacent to an activating group) is 1. The van der Waals surface area contributed by atoms with Crippen molar-refractivity contribution in [3.63, 3.8) is 0 Å². The van der Waals surface area contributed by atoms with Gasteiger partial charge in [0.15, 0.2) is 0 Å². The molecule has 0 aliphatic heterocycles. The zero-order valence-electron chi connectivity index (χ0n) is 11.7. The number of ether oxygens (including phenoxy) is 1. The maximum Gasteiger partial charge on any atom is 0.320 e. The van der Waals surface area contributed by atoms with Gasteiger partial charge in [-0.25, -0.2) is 0 Å². The van der Waals surface area contributed by atoms with Gasteiger partial charge in [-0.15, -0.1) is 0 Å². The highest BCUT2D eigenvalue weighted by Gasteiger charge is 2.15. The first-order valence-electron chi connectivity index (χ1n) is 6.72. The van der Waals surface area contributed by atoms with Gasteiger partial charge >= 0.3 is 5.97 Å². The number of hydrogen-bond donors (Lipinski definition) is 1. The lowest BCUT2D eigenvalue weighted by Crippen LogP contribution is -2.36. The van der Waals surface area contributed by atoms with Gasteiger partial charge in [0, 0.05) is 0 Å². The van der Waals surface area contributed by atoms with Crippen LogP contribution < -0.4 is 4.74 Å². The van der Waals surface area contributed by atoms with E-state index in [1.165, 1.54) is 0 Å². The summed E-state index contributed by atoms with van der Waals surface area (Å²) in [6.45, 7) is 3.22. The lowest BCUT2D eigenvalue weighted by Gasteiger charge is -2.20. The van der Waals surface area contributed by atoms with Gasteiger partial charge in [-0.05, 0) is 51.9 Å². The molecular formula is C15H23NO3. The molecule has 1 N–H and O–H groups in total. The Morgan fingerprint density at radius 3 is 2.58 bits per heavy atom. The monoisotopic (exact) mass is 265 g/mol. The Hall–Kier alpha value is -1.55. The van der Waals surface area contributed by atoms with Gasteiger partial charge in [-0.3, -0.25) is 9.69 Å². The molecule has 1 aromatic rings. The van der Waals surface area contributed by atoms with Gasteiger partial charge in [0.2, 0.25) is 0 Å². The molecule has 0 saturated heterocycles. The lowest BCUT2D eigenvalue weighted by atomic mass is 10.2. The summed E-state index contributed by atoms with van der Waals surface area (Å²) >= 11 is 0. The van der Waals surface area contributed by atoms with Crippen molar-refractivity contribution in [2.75, 3.05) is 20.2 Å². The molecule has 4 nitrogen and oxygen atoms in total. The Labute approximate surface area is 115 Å². The van der Waals surface area contributed by atoms with E-state index in [0.717, 1.165) is 31.6 Å². The number of aliphatic carboxylic acids is 1. The van der Waals surface area contributed by atoms with Gasteiger partial charge < -0.3 is 9.84 Å². The number of carbonyl (C=O) groups is 1. The van der Waals surface area contributed by atoms with Crippen LogP contribution in [0.4, 0.5) is 0 Å². The summed E-state index contributed by atoms with van der Waals surface area (Å²) in [4.78, 5) is 12.6. The van der Waals surface area contributed by atoms with E-state index in [4.69, 9.17) is 9.84 Å². The topological polar surface area (TPSA) is 49.8 Å². The third-order valence-electron chi connectivity index (χ3n) is 3.19. The van der Waals surface area contributed by atoms with Crippen LogP contribution in [-0.4, -0.2) is 42.2 Å². The van der Waals surface area contributed by atoms with Gasteiger partial charge in [0.1, 0.15) is 11.8 Å². The van der Waals surface area contributed by atoms with Crippen LogP contribution in [0.15, 0.2) is 30.3 Å². The summed E-state index contributed by atoms with van der Waals surface area (Å²) in [7, 11) is 1.85. The molecule has 4 heteroatoms. The molecule has 0 aliphatic carbocycles. The Morgan fingerprint density at radius 1 is 1.26 bits per heavy atom. The van der Waals surface area contributed by atoms with E-state index in [1.54, 1.807) is 6.92 Å². The number of unbranched alkanes of at least 4 members (excludes halogenated alkanes) is 2. The molecular weight excluding hydrogens is 242 g/mol. The van der Waals surface area contributed by atoms with Gasteiger partial charge in [0.25, 0.3) is 0 Å². The predicted octanol–water partition coefficient (Wildman–Crippen LogP) is 2.64. The number of hydrogen-bond acceptors (Lipinski definition) is 3. The van der Waals surface area contributed by atoms with Crippen molar-refractivity contribution in [2.45, 2.75) is 32.2 Å². The van der Waals surface area contributed by atoms with Crippen LogP contribution in [0.25, 0.3) is 0 Å². The molecule has 0 radical (unpaired) electrons. The molecule has 1 aromatic carbocycles. The summed E-state index contributed by atoms with van der Waals surface area (Å²) in [6, 6.07) is 9.35. The van der Waals surface area contributed by atoms with Crippen LogP contribution in [-0.2, 0) is 4.79 Å². The molecule has 0 aliphatic rings. The van der Waals surface area contributed by atoms with Crippen molar-refractivity contribution in [3.05, 3.63) is 30.3 Å². The molecule has 0 bridgehead atoms. The average molecular weight is 265 g/mol. The molecule has 19 heavy (non-hydrogen) atoms. The molecule has 0 aromatic heterocycles. The third kappa shape index (κ3) is 6.25. The van der Waals surface area contributed by atoms with Crippen LogP contribution in [0.2, 0.25) is 0 Å². The maximum absolute atomic E-state index is 10.8. The standard InChI is InChI=1S/C15H23NO3/c1-13(15(17)18)16(2)11-7-4-8-12-19-14-9-5-3-6-10-14/h3,5-6,9-10,13H,4,7-8,11-12H2,1-2H3,(H,17,18). The van der Waals surface area contributed by atoms with E-state index >= 15 is 0 Å². The first kappa shape index (κ1) is 15.5. The normalized spacial score (nSPS) is 12.4. The minimum atomic E-state index is -0.769. The first-order chi connectivity index (χ1) is 9.11. The second-order valence-corrected chi connectivity index (χ2v) is 4.72. The largest absolute Gasteiger partial charge is 0.494 e. The zero-order valence-corrected chi connectivity index (χ0v) is 11.7. The number of carboxylic acid groups (broad SMARTS) is 1. The van der Waals surface area contributed by atoms with E-state index in [1.807, 2.05) is 42.3 Å². The first-order valence-corrected chi connectivity index (χ1v) is 6.72. The van der Waals surface area contributed by atoms with Crippen molar-refractivity contribution in [1.29, 1.82) is 0 Å². The number of nitrogens with zero attached hydrogens (tertiary/aromatic N) is 1. The molecule has 1 unspecified atom stereocenters. The summed E-state index contributed by atoms with van der Waals surface area (Å²) < 4.78 is 5.59. The van der Waals surface area contributed by atoms with Crippen LogP contribution in [0.1, 0.15) is 26.2 Å². The maximum atomic E-state index is 10.8. The molecule has 106 valence electrons. The van der Waals surface area contributed by atoms with E-state index in [2.05, 4.69) is 0 Å². The van der Waals surface area contributed by atoms with E-state index in [0.29, 0.717) is 6.61 Å². The quantitative estimate of drug-likeness (QED) is 0.697. The minimum absolute atomic E-state index is 0.416. The Bertz CT molecular complexity index is 367. The highest BCUT2D eigenvalue weighted by molar-refractivity contribution is 5.72. The Kier molecular flexibility index (Phi) is 6.97. The van der Waals surface area contributed by atoms with Crippen molar-refractivity contribution >= 4 is 5.97 Å². The van der Waals surface area contributed by atoms with Crippen LogP contribution in [0, 0.1) is 0 Å². The Balaban J connectivity index is 2.04. The number of para-hydroxylation sites is 1. The second kappa shape index (κ2) is 8.53. The third-order valence-corrected chi connectivity index (χ3v) is 3.19. The average Bonchev–Trinajstić information content (AvgIpc) is 2.42. The highest BCUT2D eigenvalue weighted by Crippen LogP contribution is 2.09. The fourth-order valence-electron chi connectivity index (χ4n) is 1.73. The summed E-state index contributed by atoms with van der Waals surface area (Å²) in [5, 5.41) is 8.86. The van der Waals surface area contributed by atoms with Crippen molar-refractivity contribution in [2.24, 2.45) is 0 Å². The molecule has 0 fully saturated rings. The van der Waals surface area contributed by atoms with E-state index in [9.17, 15) is 4.79 Å². The molecule has 1 rings (SSSR count). The van der Waals surface area contributed by atoms with Gasteiger partial charge in [-0.2, -0.15) is 0 Å². The summed E-state index contributed by atoms with van der Waals surface area (Å²) in [5.41, 5.74) is 0. The Morgan fingerprint density at radius 2 is 1.95 bits per heavy atom. The fraction of sp³-hybridized carbons (Fsp3) is 0.533. The van der Waals surface area contributed by atoms with Gasteiger partial charge in [-0.1, -0.05) is 18.2 Å². The number of rotatable bonds is 9. The minimum Gasteiger partial charge on any atom is -0.494 e. The van der Waals surface area contributed by atoms with E-state index in [-0.39, 0.29) is 0 Å². The lowest BCUT2D eigenvalue weighted by molar-refractivity contribution is -0.142. The van der Waals surface area contributed by atoms with Crippen LogP contribution in [0.3, 0.4) is 0 Å². The predicted molar refractivity (Wildman–Crippen MR) is 75.5 cm³/mol. The molecule has 0 spiro atoms. The molecule has 0 saturated carbocycles. The van der Waals surface area contributed by atoms with E-state index < -0.39 is 12.0 Å². The van der Waals surface area contributed by atoms with Crippen molar-refractivity contribution < 1.29 is 14.6 Å². The summed E-state index contributed by atoms with van der Waals surface area (Å²) in [5.74, 6) is 0.133. The van der Waals surface area contributed by atoms with Crippen molar-refractivity contribution in [3.8, 4) is 5.75 Å². The zero-order chi connectivity index (χ0) is 14.1. The second-order valence-electron chi connectivity index (χ2n) is 4.72.